The number of carbonyl (C=O) groups is 2. The van der Waals surface area contributed by atoms with Crippen LogP contribution >= 0.6 is 11.6 Å². The summed E-state index contributed by atoms with van der Waals surface area (Å²) >= 11 is 6.44. The number of benzene rings is 2. The maximum atomic E-state index is 12.6. The highest BCUT2D eigenvalue weighted by molar-refractivity contribution is 6.31. The predicted octanol–water partition coefficient (Wildman–Crippen LogP) is 5.88. The number of nitrogens with zero attached hydrogens (tertiary/aromatic N) is 1. The molecule has 0 fully saturated rings. The molecule has 0 radical (unpaired) electrons. The molecule has 9 nitrogen and oxygen atoms in total. The number of rotatable bonds is 10. The van der Waals surface area contributed by atoms with E-state index in [1.165, 1.54) is 6.20 Å². The molecule has 206 valence electrons. The number of methoxy groups -OCH3 is 1. The fourth-order valence-electron chi connectivity index (χ4n) is 3.57. The largest absolute Gasteiger partial charge is 0.487 e. The molecule has 0 saturated carbocycles. The minimum absolute atomic E-state index is 0.0963. The number of hydrogen-bond acceptors (Lipinski definition) is 7. The van der Waals surface area contributed by atoms with Crippen LogP contribution < -0.4 is 15.4 Å². The summed E-state index contributed by atoms with van der Waals surface area (Å²) in [5.41, 5.74) is 2.48. The van der Waals surface area contributed by atoms with Gasteiger partial charge >= 0.3 is 6.09 Å². The van der Waals surface area contributed by atoms with Crippen molar-refractivity contribution in [1.29, 1.82) is 5.41 Å². The molecule has 1 heterocycles. The first-order chi connectivity index (χ1) is 18.5. The summed E-state index contributed by atoms with van der Waals surface area (Å²) in [6.07, 6.45) is 0.849. The maximum absolute atomic E-state index is 12.6. The molecule has 0 saturated heterocycles. The summed E-state index contributed by atoms with van der Waals surface area (Å²) in [6.45, 7) is 7.83. The van der Waals surface area contributed by atoms with E-state index in [9.17, 15) is 9.59 Å². The lowest BCUT2D eigenvalue weighted by Crippen LogP contribution is -2.28. The normalized spacial score (nSPS) is 11.0. The number of aryl methyl sites for hydroxylation is 1. The van der Waals surface area contributed by atoms with Crippen LogP contribution in [0.3, 0.4) is 0 Å². The molecule has 0 spiro atoms. The molecule has 0 aliphatic rings. The van der Waals surface area contributed by atoms with E-state index in [-0.39, 0.29) is 24.0 Å². The lowest BCUT2D eigenvalue weighted by molar-refractivity contribution is 0.0635. The van der Waals surface area contributed by atoms with Gasteiger partial charge in [0.2, 0.25) is 0 Å². The molecule has 39 heavy (non-hydrogen) atoms. The van der Waals surface area contributed by atoms with Gasteiger partial charge in [-0.2, -0.15) is 0 Å². The minimum Gasteiger partial charge on any atom is -0.487 e. The fraction of sp³-hybridized carbons (Fsp3) is 0.310. The van der Waals surface area contributed by atoms with E-state index >= 15 is 0 Å². The van der Waals surface area contributed by atoms with Gasteiger partial charge < -0.3 is 24.9 Å². The van der Waals surface area contributed by atoms with Crippen LogP contribution in [0.25, 0.3) is 11.1 Å². The highest BCUT2D eigenvalue weighted by Crippen LogP contribution is 2.35. The number of nitrogens with one attached hydrogen (secondary N) is 3. The molecular formula is C29H33ClN4O5. The van der Waals surface area contributed by atoms with E-state index in [2.05, 4.69) is 15.6 Å². The summed E-state index contributed by atoms with van der Waals surface area (Å²) < 4.78 is 16.4. The summed E-state index contributed by atoms with van der Waals surface area (Å²) in [5, 5.41) is 14.6. The van der Waals surface area contributed by atoms with Gasteiger partial charge in [-0.1, -0.05) is 23.7 Å². The number of pyridine rings is 1. The van der Waals surface area contributed by atoms with Crippen LogP contribution in [0.1, 0.15) is 42.3 Å². The van der Waals surface area contributed by atoms with E-state index in [0.29, 0.717) is 40.6 Å². The Morgan fingerprint density at radius 1 is 1.10 bits per heavy atom. The SMILES string of the molecule is COCCNC(=O)c1cccc(-c2cc(Cl)c(C)cc2OCC(=N)c2cccnc2NC(=O)OC(C)(C)C)c1. The van der Waals surface area contributed by atoms with Crippen LogP contribution in [0.15, 0.2) is 54.7 Å². The van der Waals surface area contributed by atoms with Crippen LogP contribution in [0, 0.1) is 12.3 Å². The van der Waals surface area contributed by atoms with Crippen LogP contribution in [-0.2, 0) is 9.47 Å². The molecule has 0 atom stereocenters. The molecule has 10 heteroatoms. The second-order valence-corrected chi connectivity index (χ2v) is 10.1. The number of ether oxygens (including phenoxy) is 3. The first-order valence-electron chi connectivity index (χ1n) is 12.3. The zero-order valence-corrected chi connectivity index (χ0v) is 23.4. The van der Waals surface area contributed by atoms with Crippen molar-refractivity contribution in [2.24, 2.45) is 0 Å². The van der Waals surface area contributed by atoms with E-state index < -0.39 is 11.7 Å². The standard InChI is InChI=1S/C29H33ClN4O5/c1-18-14-25(22(16-23(18)30)19-8-6-9-20(15-19)27(35)33-12-13-37-5)38-17-24(31)21-10-7-11-32-26(21)34-28(36)39-29(2,3)4/h6-11,14-16,31H,12-13,17H2,1-5H3,(H,33,35)(H,32,34,36). The Balaban J connectivity index is 1.83. The monoisotopic (exact) mass is 552 g/mol. The number of aromatic nitrogens is 1. The molecular weight excluding hydrogens is 520 g/mol. The highest BCUT2D eigenvalue weighted by atomic mass is 35.5. The third-order valence-corrected chi connectivity index (χ3v) is 5.82. The third-order valence-electron chi connectivity index (χ3n) is 5.41. The van der Waals surface area contributed by atoms with Crippen LogP contribution in [0.5, 0.6) is 5.75 Å². The van der Waals surface area contributed by atoms with Gasteiger partial charge in [-0.15, -0.1) is 0 Å². The van der Waals surface area contributed by atoms with Gasteiger partial charge in [-0.05, 0) is 75.2 Å². The van der Waals surface area contributed by atoms with Crippen molar-refractivity contribution in [2.45, 2.75) is 33.3 Å². The van der Waals surface area contributed by atoms with Gasteiger partial charge in [0.15, 0.2) is 0 Å². The lowest BCUT2D eigenvalue weighted by Gasteiger charge is -2.20. The Morgan fingerprint density at radius 3 is 2.59 bits per heavy atom. The van der Waals surface area contributed by atoms with E-state index in [1.807, 2.05) is 13.0 Å². The molecule has 0 bridgehead atoms. The first-order valence-corrected chi connectivity index (χ1v) is 12.7. The average Bonchev–Trinajstić information content (AvgIpc) is 2.88. The van der Waals surface area contributed by atoms with Gasteiger partial charge in [0, 0.05) is 41.6 Å². The molecule has 3 rings (SSSR count). The number of carbonyl (C=O) groups excluding carboxylic acids is 2. The van der Waals surface area contributed by atoms with Gasteiger partial charge in [0.25, 0.3) is 5.91 Å². The summed E-state index contributed by atoms with van der Waals surface area (Å²) in [6, 6.07) is 14.0. The van der Waals surface area contributed by atoms with Gasteiger partial charge in [0.05, 0.1) is 12.3 Å². The molecule has 3 aromatic rings. The van der Waals surface area contributed by atoms with Crippen molar-refractivity contribution >= 4 is 35.1 Å². The van der Waals surface area contributed by atoms with Gasteiger partial charge in [-0.3, -0.25) is 10.1 Å². The Kier molecular flexibility index (Phi) is 10.0. The molecule has 0 aliphatic carbocycles. The molecule has 2 amide bonds. The molecule has 0 unspecified atom stereocenters. The predicted molar refractivity (Wildman–Crippen MR) is 152 cm³/mol. The zero-order chi connectivity index (χ0) is 28.6. The Labute approximate surface area is 233 Å². The fourth-order valence-corrected chi connectivity index (χ4v) is 3.74. The number of amides is 2. The average molecular weight is 553 g/mol. The number of halogens is 1. The first kappa shape index (κ1) is 29.6. The molecule has 0 aliphatic heterocycles. The van der Waals surface area contributed by atoms with Crippen molar-refractivity contribution in [3.8, 4) is 16.9 Å². The second kappa shape index (κ2) is 13.2. The van der Waals surface area contributed by atoms with Crippen molar-refractivity contribution in [3.05, 3.63) is 76.4 Å². The zero-order valence-electron chi connectivity index (χ0n) is 22.7. The topological polar surface area (TPSA) is 123 Å². The van der Waals surface area contributed by atoms with Gasteiger partial charge in [-0.25, -0.2) is 9.78 Å². The quantitative estimate of drug-likeness (QED) is 0.213. The van der Waals surface area contributed by atoms with Crippen molar-refractivity contribution < 1.29 is 23.8 Å². The Bertz CT molecular complexity index is 1350. The highest BCUT2D eigenvalue weighted by Gasteiger charge is 2.19. The number of hydrogen-bond donors (Lipinski definition) is 3. The van der Waals surface area contributed by atoms with Crippen LogP contribution in [0.2, 0.25) is 5.02 Å². The summed E-state index contributed by atoms with van der Waals surface area (Å²) in [5.74, 6) is 0.460. The smallest absolute Gasteiger partial charge is 0.413 e. The summed E-state index contributed by atoms with van der Waals surface area (Å²) in [7, 11) is 1.57. The second-order valence-electron chi connectivity index (χ2n) is 9.72. The third kappa shape index (κ3) is 8.53. The van der Waals surface area contributed by atoms with Crippen molar-refractivity contribution in [2.75, 3.05) is 32.2 Å². The maximum Gasteiger partial charge on any atom is 0.413 e. The van der Waals surface area contributed by atoms with E-state index in [0.717, 1.165) is 11.1 Å². The molecule has 2 aromatic carbocycles. The minimum atomic E-state index is -0.680. The number of anilines is 1. The van der Waals surface area contributed by atoms with Crippen molar-refractivity contribution in [3.63, 3.8) is 0 Å². The lowest BCUT2D eigenvalue weighted by atomic mass is 10.0. The van der Waals surface area contributed by atoms with Crippen molar-refractivity contribution in [1.82, 2.24) is 10.3 Å². The van der Waals surface area contributed by atoms with Gasteiger partial charge in [0.1, 0.15) is 23.8 Å². The van der Waals surface area contributed by atoms with E-state index in [1.54, 1.807) is 70.3 Å². The Hall–Kier alpha value is -3.95. The molecule has 3 N–H and O–H groups in total. The van der Waals surface area contributed by atoms with Crippen LogP contribution in [0.4, 0.5) is 10.6 Å². The van der Waals surface area contributed by atoms with Crippen LogP contribution in [-0.4, -0.2) is 55.2 Å². The van der Waals surface area contributed by atoms with E-state index in [4.69, 9.17) is 31.2 Å². The molecule has 1 aromatic heterocycles. The summed E-state index contributed by atoms with van der Waals surface area (Å²) in [4.78, 5) is 29.0. The Morgan fingerprint density at radius 2 is 1.87 bits per heavy atom.